The second-order valence-corrected chi connectivity index (χ2v) is 5.65. The molecule has 0 radical (unpaired) electrons. The summed E-state index contributed by atoms with van der Waals surface area (Å²) in [6, 6.07) is 4.41. The average molecular weight is 282 g/mol. The molecule has 2 N–H and O–H groups in total. The maximum Gasteiger partial charge on any atom is 0.243 e. The number of amides is 2. The molecule has 2 rings (SSSR count). The largest absolute Gasteiger partial charge is 0.396 e. The lowest BCUT2D eigenvalue weighted by Crippen LogP contribution is -2.31. The quantitative estimate of drug-likeness (QED) is 0.678. The topological polar surface area (TPSA) is 63.4 Å². The SMILES string of the molecule is CCCN1C(=O)CC(Sc2ccc(N)c(F)c2)C1=O. The third-order valence-electron chi connectivity index (χ3n) is 2.90. The second-order valence-electron chi connectivity index (χ2n) is 4.38. The number of nitrogen functional groups attached to an aromatic ring is 1. The van der Waals surface area contributed by atoms with Gasteiger partial charge in [0.05, 0.1) is 10.9 Å². The molecule has 0 saturated carbocycles. The van der Waals surface area contributed by atoms with E-state index in [9.17, 15) is 14.0 Å². The highest BCUT2D eigenvalue weighted by atomic mass is 32.2. The number of rotatable bonds is 4. The molecule has 1 aromatic rings. The lowest BCUT2D eigenvalue weighted by molar-refractivity contribution is -0.138. The molecule has 1 unspecified atom stereocenters. The number of thioether (sulfide) groups is 1. The van der Waals surface area contributed by atoms with Crippen LogP contribution in [0.5, 0.6) is 0 Å². The van der Waals surface area contributed by atoms with Crippen molar-refractivity contribution in [2.24, 2.45) is 0 Å². The van der Waals surface area contributed by atoms with Crippen LogP contribution in [-0.4, -0.2) is 28.5 Å². The Morgan fingerprint density at radius 1 is 1.47 bits per heavy atom. The van der Waals surface area contributed by atoms with E-state index in [1.807, 2.05) is 6.92 Å². The molecule has 1 saturated heterocycles. The van der Waals surface area contributed by atoms with Gasteiger partial charge in [-0.15, -0.1) is 11.8 Å². The summed E-state index contributed by atoms with van der Waals surface area (Å²) in [4.78, 5) is 25.6. The summed E-state index contributed by atoms with van der Waals surface area (Å²) < 4.78 is 13.3. The van der Waals surface area contributed by atoms with Gasteiger partial charge in [0.2, 0.25) is 11.8 Å². The summed E-state index contributed by atoms with van der Waals surface area (Å²) >= 11 is 1.21. The lowest BCUT2D eigenvalue weighted by atomic mass is 10.3. The molecular weight excluding hydrogens is 267 g/mol. The van der Waals surface area contributed by atoms with Crippen molar-refractivity contribution in [3.05, 3.63) is 24.0 Å². The van der Waals surface area contributed by atoms with Crippen LogP contribution in [-0.2, 0) is 9.59 Å². The number of carbonyl (C=O) groups is 2. The number of nitrogens with zero attached hydrogens (tertiary/aromatic N) is 1. The lowest BCUT2D eigenvalue weighted by Gasteiger charge is -2.13. The summed E-state index contributed by atoms with van der Waals surface area (Å²) in [6.45, 7) is 2.36. The molecule has 6 heteroatoms. The Labute approximate surface area is 115 Å². The third kappa shape index (κ3) is 2.89. The maximum atomic E-state index is 13.3. The Hall–Kier alpha value is -1.56. The van der Waals surface area contributed by atoms with Gasteiger partial charge in [-0.25, -0.2) is 4.39 Å². The molecule has 1 fully saturated rings. The minimum atomic E-state index is -0.507. The predicted octanol–water partition coefficient (Wildman–Crippen LogP) is 2.04. The summed E-state index contributed by atoms with van der Waals surface area (Å²) in [7, 11) is 0. The van der Waals surface area contributed by atoms with Gasteiger partial charge in [0, 0.05) is 17.9 Å². The van der Waals surface area contributed by atoms with Crippen molar-refractivity contribution in [3.8, 4) is 0 Å². The minimum Gasteiger partial charge on any atom is -0.396 e. The van der Waals surface area contributed by atoms with Crippen LogP contribution in [0.2, 0.25) is 0 Å². The van der Waals surface area contributed by atoms with Gasteiger partial charge in [-0.2, -0.15) is 0 Å². The molecule has 19 heavy (non-hydrogen) atoms. The Morgan fingerprint density at radius 2 is 2.21 bits per heavy atom. The maximum absolute atomic E-state index is 13.3. The minimum absolute atomic E-state index is 0.0748. The van der Waals surface area contributed by atoms with Crippen LogP contribution in [0.3, 0.4) is 0 Å². The van der Waals surface area contributed by atoms with Gasteiger partial charge in [-0.05, 0) is 24.6 Å². The molecule has 0 bridgehead atoms. The van der Waals surface area contributed by atoms with E-state index in [1.165, 1.54) is 28.8 Å². The van der Waals surface area contributed by atoms with Crippen LogP contribution in [0.4, 0.5) is 10.1 Å². The molecule has 102 valence electrons. The third-order valence-corrected chi connectivity index (χ3v) is 4.08. The zero-order valence-corrected chi connectivity index (χ0v) is 11.4. The number of hydrogen-bond donors (Lipinski definition) is 1. The monoisotopic (exact) mass is 282 g/mol. The molecule has 0 aliphatic carbocycles. The first-order valence-electron chi connectivity index (χ1n) is 6.08. The number of nitrogens with two attached hydrogens (primary N) is 1. The highest BCUT2D eigenvalue weighted by molar-refractivity contribution is 8.00. The number of benzene rings is 1. The van der Waals surface area contributed by atoms with Gasteiger partial charge in [-0.3, -0.25) is 14.5 Å². The smallest absolute Gasteiger partial charge is 0.243 e. The van der Waals surface area contributed by atoms with Gasteiger partial charge in [0.1, 0.15) is 5.82 Å². The van der Waals surface area contributed by atoms with Gasteiger partial charge >= 0.3 is 0 Å². The van der Waals surface area contributed by atoms with E-state index in [0.29, 0.717) is 11.4 Å². The van der Waals surface area contributed by atoms with Crippen molar-refractivity contribution in [2.45, 2.75) is 29.9 Å². The summed E-state index contributed by atoms with van der Waals surface area (Å²) in [5.74, 6) is -0.846. The second kappa shape index (κ2) is 5.61. The Bertz CT molecular complexity index is 521. The van der Waals surface area contributed by atoms with Crippen molar-refractivity contribution < 1.29 is 14.0 Å². The normalized spacial score (nSPS) is 19.3. The summed E-state index contributed by atoms with van der Waals surface area (Å²) in [5.41, 5.74) is 5.47. The predicted molar refractivity (Wildman–Crippen MR) is 72.1 cm³/mol. The van der Waals surface area contributed by atoms with Gasteiger partial charge in [0.25, 0.3) is 0 Å². The van der Waals surface area contributed by atoms with E-state index in [4.69, 9.17) is 5.73 Å². The van der Waals surface area contributed by atoms with Gasteiger partial charge in [-0.1, -0.05) is 6.92 Å². The van der Waals surface area contributed by atoms with E-state index in [2.05, 4.69) is 0 Å². The van der Waals surface area contributed by atoms with Crippen LogP contribution in [0.25, 0.3) is 0 Å². The number of hydrogen-bond acceptors (Lipinski definition) is 4. The van der Waals surface area contributed by atoms with E-state index >= 15 is 0 Å². The molecule has 1 atom stereocenters. The summed E-state index contributed by atoms with van der Waals surface area (Å²) in [5, 5.41) is -0.456. The molecule has 2 amide bonds. The number of anilines is 1. The van der Waals surface area contributed by atoms with E-state index in [-0.39, 0.29) is 23.9 Å². The fourth-order valence-electron chi connectivity index (χ4n) is 1.95. The first-order valence-corrected chi connectivity index (χ1v) is 6.96. The van der Waals surface area contributed by atoms with Crippen molar-refractivity contribution in [3.63, 3.8) is 0 Å². The molecule has 1 aliphatic heterocycles. The van der Waals surface area contributed by atoms with Crippen molar-refractivity contribution in [1.82, 2.24) is 4.90 Å². The van der Waals surface area contributed by atoms with Crippen LogP contribution in [0.1, 0.15) is 19.8 Å². The molecule has 1 aromatic carbocycles. The van der Waals surface area contributed by atoms with E-state index in [0.717, 1.165) is 6.42 Å². The van der Waals surface area contributed by atoms with Crippen LogP contribution < -0.4 is 5.73 Å². The summed E-state index contributed by atoms with van der Waals surface area (Å²) in [6.07, 6.45) is 0.918. The van der Waals surface area contributed by atoms with Gasteiger partial charge < -0.3 is 5.73 Å². The van der Waals surface area contributed by atoms with E-state index < -0.39 is 11.1 Å². The first-order chi connectivity index (χ1) is 9.02. The van der Waals surface area contributed by atoms with Crippen LogP contribution >= 0.6 is 11.8 Å². The van der Waals surface area contributed by atoms with Crippen molar-refractivity contribution in [2.75, 3.05) is 12.3 Å². The molecular formula is C13H15FN2O2S. The van der Waals surface area contributed by atoms with Crippen molar-refractivity contribution in [1.29, 1.82) is 0 Å². The first kappa shape index (κ1) is 13.9. The van der Waals surface area contributed by atoms with Crippen LogP contribution in [0.15, 0.2) is 23.1 Å². The van der Waals surface area contributed by atoms with Gasteiger partial charge in [0.15, 0.2) is 0 Å². The number of likely N-dealkylation sites (tertiary alicyclic amines) is 1. The number of imide groups is 1. The number of halogens is 1. The molecule has 1 aliphatic rings. The zero-order chi connectivity index (χ0) is 14.0. The Morgan fingerprint density at radius 3 is 2.84 bits per heavy atom. The standard InChI is InChI=1S/C13H15FN2O2S/c1-2-5-16-12(17)7-11(13(16)18)19-8-3-4-10(15)9(14)6-8/h3-4,6,11H,2,5,7,15H2,1H3. The van der Waals surface area contributed by atoms with Crippen LogP contribution in [0, 0.1) is 5.82 Å². The zero-order valence-electron chi connectivity index (χ0n) is 10.6. The highest BCUT2D eigenvalue weighted by Gasteiger charge is 2.38. The average Bonchev–Trinajstić information content (AvgIpc) is 2.62. The fourth-order valence-corrected chi connectivity index (χ4v) is 3.05. The number of carbonyl (C=O) groups excluding carboxylic acids is 2. The van der Waals surface area contributed by atoms with E-state index in [1.54, 1.807) is 6.07 Å². The van der Waals surface area contributed by atoms with Crippen molar-refractivity contribution >= 4 is 29.3 Å². The molecule has 1 heterocycles. The Balaban J connectivity index is 2.09. The fraction of sp³-hybridized carbons (Fsp3) is 0.385. The Kier molecular flexibility index (Phi) is 4.09. The molecule has 0 aromatic heterocycles. The molecule has 0 spiro atoms. The highest BCUT2D eigenvalue weighted by Crippen LogP contribution is 2.32. The molecule has 4 nitrogen and oxygen atoms in total.